The van der Waals surface area contributed by atoms with Gasteiger partial charge in [0.25, 0.3) is 0 Å². The summed E-state index contributed by atoms with van der Waals surface area (Å²) in [5.41, 5.74) is 1.38. The molecule has 1 unspecified atom stereocenters. The Morgan fingerprint density at radius 2 is 2.22 bits per heavy atom. The summed E-state index contributed by atoms with van der Waals surface area (Å²) in [5, 5.41) is 13.0. The maximum atomic E-state index is 14.5. The van der Waals surface area contributed by atoms with Crippen LogP contribution in [0.25, 0.3) is 0 Å². The molecule has 0 aromatic heterocycles. The first kappa shape index (κ1) is 16.1. The first-order valence-electron chi connectivity index (χ1n) is 7.20. The molecule has 3 rings (SSSR count). The molecule has 2 N–H and O–H groups in total. The summed E-state index contributed by atoms with van der Waals surface area (Å²) < 4.78 is 33.9. The lowest BCUT2D eigenvalue weighted by Gasteiger charge is -2.21. The molecule has 1 saturated carbocycles. The largest absolute Gasteiger partial charge is 0.486 e. The maximum Gasteiger partial charge on any atom is 0.240 e. The van der Waals surface area contributed by atoms with Crippen molar-refractivity contribution in [2.45, 2.75) is 31.8 Å². The highest BCUT2D eigenvalue weighted by atomic mass is 35.5. The molecule has 0 radical (unpaired) electrons. The number of carbonyl (C=O) groups excluding carboxylic acids is 1. The van der Waals surface area contributed by atoms with Crippen LogP contribution in [0.4, 0.5) is 8.78 Å². The van der Waals surface area contributed by atoms with E-state index < -0.39 is 28.0 Å². The van der Waals surface area contributed by atoms with Gasteiger partial charge in [0.05, 0.1) is 11.3 Å². The Kier molecular flexibility index (Phi) is 4.01. The zero-order valence-electron chi connectivity index (χ0n) is 12.3. The molecule has 124 valence electrons. The summed E-state index contributed by atoms with van der Waals surface area (Å²) in [7, 11) is 0. The van der Waals surface area contributed by atoms with Crippen LogP contribution in [0.15, 0.2) is 11.2 Å². The third-order valence-electron chi connectivity index (χ3n) is 3.96. The average molecular weight is 345 g/mol. The number of hydrogen-bond acceptors (Lipinski definition) is 4. The topological polar surface area (TPSA) is 70.9 Å². The van der Waals surface area contributed by atoms with Gasteiger partial charge in [0.1, 0.15) is 11.6 Å². The Morgan fingerprint density at radius 3 is 2.83 bits per heavy atom. The number of hydrazone groups is 1. The van der Waals surface area contributed by atoms with Crippen molar-refractivity contribution in [3.05, 3.63) is 28.3 Å². The van der Waals surface area contributed by atoms with E-state index >= 15 is 0 Å². The van der Waals surface area contributed by atoms with Gasteiger partial charge in [-0.25, -0.2) is 14.2 Å². The van der Waals surface area contributed by atoms with Gasteiger partial charge < -0.3 is 9.84 Å². The molecule has 0 bridgehead atoms. The fourth-order valence-corrected chi connectivity index (χ4v) is 2.62. The van der Waals surface area contributed by atoms with Gasteiger partial charge in [-0.1, -0.05) is 18.5 Å². The molecule has 1 aromatic rings. The Hall–Kier alpha value is -1.73. The molecular weight excluding hydrogens is 330 g/mol. The van der Waals surface area contributed by atoms with Crippen molar-refractivity contribution in [3.63, 3.8) is 0 Å². The molecule has 8 heteroatoms. The molecule has 1 fully saturated rings. The fraction of sp³-hybridized carbons (Fsp3) is 0.467. The summed E-state index contributed by atoms with van der Waals surface area (Å²) in [5.74, 6) is -2.80. The van der Waals surface area contributed by atoms with Crippen molar-refractivity contribution in [2.75, 3.05) is 6.61 Å². The predicted molar refractivity (Wildman–Crippen MR) is 79.5 cm³/mol. The van der Waals surface area contributed by atoms with Crippen LogP contribution >= 0.6 is 11.6 Å². The average Bonchev–Trinajstić information content (AvgIpc) is 3.21. The van der Waals surface area contributed by atoms with E-state index in [1.165, 1.54) is 0 Å². The van der Waals surface area contributed by atoms with Gasteiger partial charge in [0.15, 0.2) is 17.4 Å². The van der Waals surface area contributed by atoms with Gasteiger partial charge in [0, 0.05) is 17.9 Å². The standard InChI is InChI=1S/C15H15ClF2N2O3/c1-7-4-10(21)19-20-13(7)8-5-9(17)14(11(16)12(8)18)23-6-15(22)2-3-15/h5,7,22H,2-4,6H2,1H3,(H,19,21). The van der Waals surface area contributed by atoms with E-state index in [4.69, 9.17) is 16.3 Å². The second-order valence-corrected chi connectivity index (χ2v) is 6.39. The number of benzene rings is 1. The van der Waals surface area contributed by atoms with Crippen LogP contribution in [0.5, 0.6) is 5.75 Å². The normalized spacial score (nSPS) is 22.4. The van der Waals surface area contributed by atoms with E-state index in [9.17, 15) is 18.7 Å². The molecule has 23 heavy (non-hydrogen) atoms. The number of hydrogen-bond donors (Lipinski definition) is 2. The highest BCUT2D eigenvalue weighted by Gasteiger charge is 2.41. The SMILES string of the molecule is CC1CC(=O)NN=C1c1cc(F)c(OCC2(O)CC2)c(Cl)c1F. The minimum Gasteiger partial charge on any atom is -0.486 e. The lowest BCUT2D eigenvalue weighted by molar-refractivity contribution is -0.121. The van der Waals surface area contributed by atoms with Gasteiger partial charge in [-0.2, -0.15) is 5.10 Å². The number of nitrogens with one attached hydrogen (secondary N) is 1. The number of amides is 1. The summed E-state index contributed by atoms with van der Waals surface area (Å²) in [6.07, 6.45) is 1.24. The zero-order valence-corrected chi connectivity index (χ0v) is 13.1. The van der Waals surface area contributed by atoms with Crippen molar-refractivity contribution < 1.29 is 23.4 Å². The molecule has 0 saturated heterocycles. The Balaban J connectivity index is 1.92. The van der Waals surface area contributed by atoms with Gasteiger partial charge >= 0.3 is 0 Å². The Bertz CT molecular complexity index is 704. The molecule has 5 nitrogen and oxygen atoms in total. The van der Waals surface area contributed by atoms with Crippen LogP contribution in [-0.2, 0) is 4.79 Å². The number of ether oxygens (including phenoxy) is 1. The number of nitrogens with zero attached hydrogens (tertiary/aromatic N) is 1. The molecule has 2 aliphatic rings. The Morgan fingerprint density at radius 1 is 1.52 bits per heavy atom. The van der Waals surface area contributed by atoms with Gasteiger partial charge in [0.2, 0.25) is 5.91 Å². The minimum absolute atomic E-state index is 0.113. The minimum atomic E-state index is -0.975. The van der Waals surface area contributed by atoms with Crippen molar-refractivity contribution in [1.82, 2.24) is 5.43 Å². The summed E-state index contributed by atoms with van der Waals surface area (Å²) >= 11 is 5.88. The van der Waals surface area contributed by atoms with Crippen LogP contribution < -0.4 is 10.2 Å². The van der Waals surface area contributed by atoms with Crippen LogP contribution in [0, 0.1) is 17.6 Å². The van der Waals surface area contributed by atoms with Gasteiger partial charge in [-0.05, 0) is 18.9 Å². The van der Waals surface area contributed by atoms with Crippen LogP contribution in [0.3, 0.4) is 0 Å². The summed E-state index contributed by atoms with van der Waals surface area (Å²) in [6.45, 7) is 1.55. The molecular formula is C15H15ClF2N2O3. The number of rotatable bonds is 4. The second kappa shape index (κ2) is 5.72. The van der Waals surface area contributed by atoms with Crippen molar-refractivity contribution in [3.8, 4) is 5.75 Å². The third-order valence-corrected chi connectivity index (χ3v) is 4.30. The first-order chi connectivity index (χ1) is 10.8. The van der Waals surface area contributed by atoms with Crippen LogP contribution in [0.2, 0.25) is 5.02 Å². The lowest BCUT2D eigenvalue weighted by Crippen LogP contribution is -2.32. The molecule has 0 spiro atoms. The van der Waals surface area contributed by atoms with Crippen LogP contribution in [0.1, 0.15) is 31.7 Å². The van der Waals surface area contributed by atoms with Crippen molar-refractivity contribution >= 4 is 23.2 Å². The second-order valence-electron chi connectivity index (χ2n) is 6.01. The van der Waals surface area contributed by atoms with E-state index in [0.717, 1.165) is 6.07 Å². The molecule has 1 heterocycles. The molecule has 1 atom stereocenters. The molecule has 1 amide bonds. The molecule has 1 aliphatic heterocycles. The predicted octanol–water partition coefficient (Wildman–Crippen LogP) is 2.38. The van der Waals surface area contributed by atoms with Crippen LogP contribution in [-0.4, -0.2) is 28.9 Å². The highest BCUT2D eigenvalue weighted by molar-refractivity contribution is 6.32. The lowest BCUT2D eigenvalue weighted by atomic mass is 9.93. The number of aliphatic hydroxyl groups is 1. The molecule has 1 aliphatic carbocycles. The van der Waals surface area contributed by atoms with E-state index in [1.807, 2.05) is 0 Å². The van der Waals surface area contributed by atoms with Gasteiger partial charge in [-0.15, -0.1) is 0 Å². The number of carbonyl (C=O) groups is 1. The monoisotopic (exact) mass is 344 g/mol. The van der Waals surface area contributed by atoms with E-state index in [1.54, 1.807) is 6.92 Å². The van der Waals surface area contributed by atoms with Gasteiger partial charge in [-0.3, -0.25) is 4.79 Å². The van der Waals surface area contributed by atoms with Crippen molar-refractivity contribution in [1.29, 1.82) is 0 Å². The van der Waals surface area contributed by atoms with Crippen molar-refractivity contribution in [2.24, 2.45) is 11.0 Å². The van der Waals surface area contributed by atoms with E-state index in [0.29, 0.717) is 12.8 Å². The third kappa shape index (κ3) is 3.16. The quantitative estimate of drug-likeness (QED) is 0.824. The smallest absolute Gasteiger partial charge is 0.240 e. The maximum absolute atomic E-state index is 14.5. The van der Waals surface area contributed by atoms with E-state index in [-0.39, 0.29) is 36.1 Å². The zero-order chi connectivity index (χ0) is 16.8. The highest BCUT2D eigenvalue weighted by Crippen LogP contribution is 2.39. The first-order valence-corrected chi connectivity index (χ1v) is 7.58. The van der Waals surface area contributed by atoms with E-state index in [2.05, 4.69) is 10.5 Å². The summed E-state index contributed by atoms with van der Waals surface area (Å²) in [6, 6.07) is 0.945. The fourth-order valence-electron chi connectivity index (χ4n) is 2.37. The molecule has 1 aromatic carbocycles. The summed E-state index contributed by atoms with van der Waals surface area (Å²) in [4.78, 5) is 11.3. The Labute approximate surface area is 136 Å². The number of halogens is 3.